The summed E-state index contributed by atoms with van der Waals surface area (Å²) in [6.07, 6.45) is 1.90. The Bertz CT molecular complexity index is 624. The summed E-state index contributed by atoms with van der Waals surface area (Å²) in [6.45, 7) is 0.212. The van der Waals surface area contributed by atoms with Crippen molar-refractivity contribution in [2.75, 3.05) is 13.1 Å². The van der Waals surface area contributed by atoms with E-state index < -0.39 is 21.4 Å². The minimum atomic E-state index is -3.70. The predicted octanol–water partition coefficient (Wildman–Crippen LogP) is 1.62. The molecule has 104 valence electrons. The van der Waals surface area contributed by atoms with Gasteiger partial charge in [-0.1, -0.05) is 11.6 Å². The number of benzene rings is 1. The van der Waals surface area contributed by atoms with Crippen LogP contribution in [0, 0.1) is 11.7 Å². The average molecular weight is 306 g/mol. The maximum Gasteiger partial charge on any atom is 0.243 e. The Morgan fingerprint density at radius 3 is 2.53 bits per heavy atom. The number of halogens is 2. The third-order valence-corrected chi connectivity index (χ3v) is 5.84. The van der Waals surface area contributed by atoms with Gasteiger partial charge in [-0.3, -0.25) is 0 Å². The summed E-state index contributed by atoms with van der Waals surface area (Å²) < 4.78 is 38.7. The Hall–Kier alpha value is -0.690. The first-order chi connectivity index (χ1) is 8.83. The second kappa shape index (κ2) is 4.15. The van der Waals surface area contributed by atoms with Crippen molar-refractivity contribution in [1.29, 1.82) is 0 Å². The second-order valence-electron chi connectivity index (χ2n) is 5.23. The van der Waals surface area contributed by atoms with Crippen LogP contribution in [0.3, 0.4) is 0 Å². The number of β-amino-alcohol motifs (C(OH)–C–C–N with tert-alkyl or cyclic N) is 1. The fourth-order valence-electron chi connectivity index (χ4n) is 2.40. The molecule has 2 fully saturated rings. The molecule has 4 nitrogen and oxygen atoms in total. The molecule has 0 bridgehead atoms. The van der Waals surface area contributed by atoms with E-state index in [-0.39, 0.29) is 28.9 Å². The van der Waals surface area contributed by atoms with Crippen molar-refractivity contribution >= 4 is 21.6 Å². The zero-order valence-corrected chi connectivity index (χ0v) is 11.6. The van der Waals surface area contributed by atoms with Gasteiger partial charge in [-0.15, -0.1) is 0 Å². The Labute approximate surface area is 115 Å². The molecule has 2 aliphatic rings. The van der Waals surface area contributed by atoms with Gasteiger partial charge < -0.3 is 5.11 Å². The summed E-state index contributed by atoms with van der Waals surface area (Å²) in [4.78, 5) is -0.0447. The molecule has 1 saturated heterocycles. The van der Waals surface area contributed by atoms with Crippen molar-refractivity contribution in [1.82, 2.24) is 4.31 Å². The van der Waals surface area contributed by atoms with Crippen molar-refractivity contribution < 1.29 is 17.9 Å². The van der Waals surface area contributed by atoms with Crippen LogP contribution < -0.4 is 0 Å². The molecular formula is C12H13ClFNO3S. The number of rotatable bonds is 3. The predicted molar refractivity (Wildman–Crippen MR) is 67.8 cm³/mol. The van der Waals surface area contributed by atoms with E-state index in [2.05, 4.69) is 0 Å². The molecule has 0 unspecified atom stereocenters. The summed E-state index contributed by atoms with van der Waals surface area (Å²) in [5, 5.41) is 9.91. The highest BCUT2D eigenvalue weighted by Gasteiger charge is 2.55. The van der Waals surface area contributed by atoms with Crippen molar-refractivity contribution in [2.24, 2.45) is 5.92 Å². The zero-order chi connectivity index (χ0) is 13.8. The van der Waals surface area contributed by atoms with Gasteiger partial charge >= 0.3 is 0 Å². The summed E-state index contributed by atoms with van der Waals surface area (Å²) in [5.41, 5.74) is -0.878. The van der Waals surface area contributed by atoms with Crippen LogP contribution >= 0.6 is 11.6 Å². The van der Waals surface area contributed by atoms with Crippen LogP contribution in [0.5, 0.6) is 0 Å². The molecule has 0 aromatic heterocycles. The smallest absolute Gasteiger partial charge is 0.243 e. The summed E-state index contributed by atoms with van der Waals surface area (Å²) >= 11 is 5.59. The average Bonchev–Trinajstić information content (AvgIpc) is 3.12. The number of sulfonamides is 1. The van der Waals surface area contributed by atoms with Gasteiger partial charge in [0.25, 0.3) is 0 Å². The second-order valence-corrected chi connectivity index (χ2v) is 7.57. The SMILES string of the molecule is O=S(=O)(c1ccc(F)c(Cl)c1)N1CC(O)(C2CC2)C1. The van der Waals surface area contributed by atoms with Crippen LogP contribution in [0.4, 0.5) is 4.39 Å². The maximum atomic E-state index is 13.0. The van der Waals surface area contributed by atoms with Crippen LogP contribution in [0.2, 0.25) is 5.02 Å². The molecule has 19 heavy (non-hydrogen) atoms. The molecule has 1 aliphatic heterocycles. The highest BCUT2D eigenvalue weighted by molar-refractivity contribution is 7.89. The van der Waals surface area contributed by atoms with Gasteiger partial charge in [-0.05, 0) is 37.0 Å². The van der Waals surface area contributed by atoms with Gasteiger partial charge in [0.15, 0.2) is 0 Å². The highest BCUT2D eigenvalue weighted by Crippen LogP contribution is 2.45. The van der Waals surface area contributed by atoms with E-state index >= 15 is 0 Å². The molecule has 0 radical (unpaired) electrons. The summed E-state index contributed by atoms with van der Waals surface area (Å²) in [5.74, 6) is -0.436. The van der Waals surface area contributed by atoms with Crippen molar-refractivity contribution in [3.05, 3.63) is 29.0 Å². The first kappa shape index (κ1) is 13.3. The van der Waals surface area contributed by atoms with E-state index in [1.807, 2.05) is 0 Å². The van der Waals surface area contributed by atoms with Gasteiger partial charge in [0.05, 0.1) is 15.5 Å². The molecule has 1 aliphatic carbocycles. The van der Waals surface area contributed by atoms with Gasteiger partial charge in [-0.2, -0.15) is 4.31 Å². The monoisotopic (exact) mass is 305 g/mol. The van der Waals surface area contributed by atoms with Crippen LogP contribution in [-0.4, -0.2) is 36.5 Å². The van der Waals surface area contributed by atoms with Crippen LogP contribution in [-0.2, 0) is 10.0 Å². The number of nitrogens with zero attached hydrogens (tertiary/aromatic N) is 1. The van der Waals surface area contributed by atoms with E-state index in [4.69, 9.17) is 11.6 Å². The lowest BCUT2D eigenvalue weighted by Gasteiger charge is -2.45. The number of hydrogen-bond acceptors (Lipinski definition) is 3. The minimum Gasteiger partial charge on any atom is -0.387 e. The lowest BCUT2D eigenvalue weighted by atomic mass is 9.91. The summed E-state index contributed by atoms with van der Waals surface area (Å²) in [7, 11) is -3.70. The standard InChI is InChI=1S/C12H13ClFNO3S/c13-10-5-9(3-4-11(10)14)19(17,18)15-6-12(16,7-15)8-1-2-8/h3-5,8,16H,1-2,6-7H2. The fourth-order valence-corrected chi connectivity index (χ4v) is 4.24. The first-order valence-corrected chi connectivity index (χ1v) is 7.82. The van der Waals surface area contributed by atoms with Crippen molar-refractivity contribution in [3.63, 3.8) is 0 Å². The largest absolute Gasteiger partial charge is 0.387 e. The van der Waals surface area contributed by atoms with E-state index in [9.17, 15) is 17.9 Å². The molecule has 3 rings (SSSR count). The summed E-state index contributed by atoms with van der Waals surface area (Å²) in [6, 6.07) is 3.31. The van der Waals surface area contributed by atoms with Gasteiger partial charge in [0.1, 0.15) is 5.82 Å². The Kier molecular flexibility index (Phi) is 2.91. The zero-order valence-electron chi connectivity index (χ0n) is 10.0. The molecule has 1 aromatic rings. The number of hydrogen-bond donors (Lipinski definition) is 1. The Balaban J connectivity index is 1.82. The van der Waals surface area contributed by atoms with Crippen molar-refractivity contribution in [3.8, 4) is 0 Å². The number of aliphatic hydroxyl groups is 1. The quantitative estimate of drug-likeness (QED) is 0.923. The van der Waals surface area contributed by atoms with Crippen molar-refractivity contribution in [2.45, 2.75) is 23.3 Å². The van der Waals surface area contributed by atoms with Crippen LogP contribution in [0.15, 0.2) is 23.1 Å². The Morgan fingerprint density at radius 2 is 2.00 bits per heavy atom. The molecule has 7 heteroatoms. The van der Waals surface area contributed by atoms with Crippen LogP contribution in [0.1, 0.15) is 12.8 Å². The topological polar surface area (TPSA) is 57.6 Å². The molecule has 0 spiro atoms. The molecule has 1 aromatic carbocycles. The lowest BCUT2D eigenvalue weighted by Crippen LogP contribution is -2.64. The van der Waals surface area contributed by atoms with E-state index in [0.29, 0.717) is 0 Å². The molecule has 1 heterocycles. The molecule has 1 saturated carbocycles. The normalized spacial score (nSPS) is 23.1. The minimum absolute atomic E-state index is 0.0447. The molecule has 0 atom stereocenters. The van der Waals surface area contributed by atoms with E-state index in [1.165, 1.54) is 10.4 Å². The van der Waals surface area contributed by atoms with Gasteiger partial charge in [0, 0.05) is 13.1 Å². The Morgan fingerprint density at radius 1 is 1.37 bits per heavy atom. The van der Waals surface area contributed by atoms with E-state index in [1.54, 1.807) is 0 Å². The molecule has 0 amide bonds. The van der Waals surface area contributed by atoms with E-state index in [0.717, 1.165) is 25.0 Å². The van der Waals surface area contributed by atoms with Gasteiger partial charge in [-0.25, -0.2) is 12.8 Å². The third kappa shape index (κ3) is 2.16. The highest BCUT2D eigenvalue weighted by atomic mass is 35.5. The maximum absolute atomic E-state index is 13.0. The third-order valence-electron chi connectivity index (χ3n) is 3.77. The molecule has 1 N–H and O–H groups in total. The fraction of sp³-hybridized carbons (Fsp3) is 0.500. The lowest BCUT2D eigenvalue weighted by molar-refractivity contribution is -0.0764. The van der Waals surface area contributed by atoms with Crippen LogP contribution in [0.25, 0.3) is 0 Å². The first-order valence-electron chi connectivity index (χ1n) is 6.00. The van der Waals surface area contributed by atoms with Gasteiger partial charge in [0.2, 0.25) is 10.0 Å². The molecular weight excluding hydrogens is 293 g/mol.